The number of halogens is 1. The average molecular weight is 312 g/mol. The molecule has 0 nitrogen and oxygen atoms in total. The summed E-state index contributed by atoms with van der Waals surface area (Å²) in [7, 11) is 0. The highest BCUT2D eigenvalue weighted by atomic mass is 127. The van der Waals surface area contributed by atoms with Crippen molar-refractivity contribution in [1.29, 1.82) is 0 Å². The lowest BCUT2D eigenvalue weighted by Gasteiger charge is -2.22. The third-order valence-electron chi connectivity index (χ3n) is 4.07. The van der Waals surface area contributed by atoms with Crippen LogP contribution >= 0.6 is 22.6 Å². The molecule has 1 aromatic rings. The first-order chi connectivity index (χ1) is 7.27. The van der Waals surface area contributed by atoms with E-state index in [4.69, 9.17) is 0 Å². The molecule has 0 N–H and O–H groups in total. The van der Waals surface area contributed by atoms with Crippen LogP contribution in [0.1, 0.15) is 54.4 Å². The van der Waals surface area contributed by atoms with Gasteiger partial charge in [-0.05, 0) is 95.4 Å². The highest BCUT2D eigenvalue weighted by Gasteiger charge is 2.26. The molecule has 0 amide bonds. The van der Waals surface area contributed by atoms with Gasteiger partial charge in [0.25, 0.3) is 0 Å². The lowest BCUT2D eigenvalue weighted by molar-refractivity contribution is 0.666. The second kappa shape index (κ2) is 3.76. The van der Waals surface area contributed by atoms with E-state index in [1.54, 1.807) is 22.3 Å². The minimum atomic E-state index is 0.821. The SMILES string of the molecule is CC1CCc2c(I)cc3c(c21)CCCC3. The van der Waals surface area contributed by atoms with Crippen LogP contribution in [0.2, 0.25) is 0 Å². The fraction of sp³-hybridized carbons (Fsp3) is 0.571. The Morgan fingerprint density at radius 3 is 2.80 bits per heavy atom. The lowest BCUT2D eigenvalue weighted by atomic mass is 9.84. The Labute approximate surface area is 106 Å². The molecule has 0 saturated heterocycles. The summed E-state index contributed by atoms with van der Waals surface area (Å²) < 4.78 is 1.53. The van der Waals surface area contributed by atoms with Crippen molar-refractivity contribution in [2.45, 2.75) is 51.4 Å². The first kappa shape index (κ1) is 10.1. The molecule has 0 fully saturated rings. The number of hydrogen-bond acceptors (Lipinski definition) is 0. The van der Waals surface area contributed by atoms with Crippen molar-refractivity contribution < 1.29 is 0 Å². The highest BCUT2D eigenvalue weighted by Crippen LogP contribution is 2.41. The van der Waals surface area contributed by atoms with Crippen LogP contribution in [0.5, 0.6) is 0 Å². The average Bonchev–Trinajstić information content (AvgIpc) is 2.62. The van der Waals surface area contributed by atoms with E-state index in [1.165, 1.54) is 42.1 Å². The maximum atomic E-state index is 2.54. The largest absolute Gasteiger partial charge is 0.0584 e. The summed E-state index contributed by atoms with van der Waals surface area (Å²) >= 11 is 2.54. The second-order valence-electron chi connectivity index (χ2n) is 5.04. The summed E-state index contributed by atoms with van der Waals surface area (Å²) in [6.45, 7) is 2.41. The Balaban J connectivity index is 2.23. The summed E-state index contributed by atoms with van der Waals surface area (Å²) in [6, 6.07) is 2.46. The van der Waals surface area contributed by atoms with E-state index in [9.17, 15) is 0 Å². The van der Waals surface area contributed by atoms with Gasteiger partial charge in [0, 0.05) is 3.57 Å². The molecule has 80 valence electrons. The molecule has 0 heterocycles. The minimum absolute atomic E-state index is 0.821. The number of fused-ring (bicyclic) bond motifs is 3. The molecule has 2 aliphatic carbocycles. The van der Waals surface area contributed by atoms with Crippen LogP contribution in [0.25, 0.3) is 0 Å². The van der Waals surface area contributed by atoms with Gasteiger partial charge in [-0.3, -0.25) is 0 Å². The molecule has 0 aliphatic heterocycles. The maximum absolute atomic E-state index is 2.54. The molecule has 0 saturated carbocycles. The van der Waals surface area contributed by atoms with Crippen LogP contribution in [0.4, 0.5) is 0 Å². The Morgan fingerprint density at radius 2 is 1.93 bits per heavy atom. The number of benzene rings is 1. The van der Waals surface area contributed by atoms with Crippen LogP contribution in [0, 0.1) is 3.57 Å². The monoisotopic (exact) mass is 312 g/mol. The predicted molar refractivity (Wildman–Crippen MR) is 72.5 cm³/mol. The molecular formula is C14H17I. The standard InChI is InChI=1S/C14H17I/c1-9-6-7-12-13(15)8-10-4-2-3-5-11(10)14(9)12/h8-9H,2-7H2,1H3. The van der Waals surface area contributed by atoms with Crippen LogP contribution in [0.3, 0.4) is 0 Å². The zero-order valence-electron chi connectivity index (χ0n) is 9.28. The topological polar surface area (TPSA) is 0 Å². The normalized spacial score (nSPS) is 23.7. The van der Waals surface area contributed by atoms with Crippen molar-refractivity contribution in [1.82, 2.24) is 0 Å². The zero-order valence-corrected chi connectivity index (χ0v) is 11.4. The summed E-state index contributed by atoms with van der Waals surface area (Å²) in [6.07, 6.45) is 8.18. The minimum Gasteiger partial charge on any atom is -0.0584 e. The molecule has 1 heteroatoms. The number of hydrogen-bond donors (Lipinski definition) is 0. The summed E-state index contributed by atoms with van der Waals surface area (Å²) in [5, 5.41) is 0. The molecule has 15 heavy (non-hydrogen) atoms. The van der Waals surface area contributed by atoms with Crippen molar-refractivity contribution in [3.8, 4) is 0 Å². The maximum Gasteiger partial charge on any atom is 0.0168 e. The smallest absolute Gasteiger partial charge is 0.0168 e. The van der Waals surface area contributed by atoms with Crippen molar-refractivity contribution in [3.05, 3.63) is 31.9 Å². The summed E-state index contributed by atoms with van der Waals surface area (Å²) in [5.41, 5.74) is 6.83. The predicted octanol–water partition coefficient (Wildman–Crippen LogP) is 4.22. The quantitative estimate of drug-likeness (QED) is 0.629. The Hall–Kier alpha value is -0.0500. The zero-order chi connectivity index (χ0) is 10.4. The van der Waals surface area contributed by atoms with Crippen molar-refractivity contribution in [2.75, 3.05) is 0 Å². The van der Waals surface area contributed by atoms with Crippen molar-refractivity contribution >= 4 is 22.6 Å². The molecule has 1 aromatic carbocycles. The third kappa shape index (κ3) is 1.54. The molecule has 0 radical (unpaired) electrons. The van der Waals surface area contributed by atoms with Crippen molar-refractivity contribution in [2.24, 2.45) is 0 Å². The molecular weight excluding hydrogens is 295 g/mol. The van der Waals surface area contributed by atoms with Crippen LogP contribution in [-0.4, -0.2) is 0 Å². The fourth-order valence-electron chi connectivity index (χ4n) is 3.30. The first-order valence-electron chi connectivity index (χ1n) is 6.10. The van der Waals surface area contributed by atoms with Gasteiger partial charge >= 0.3 is 0 Å². The first-order valence-corrected chi connectivity index (χ1v) is 7.18. The molecule has 1 atom stereocenters. The van der Waals surface area contributed by atoms with Gasteiger partial charge < -0.3 is 0 Å². The summed E-state index contributed by atoms with van der Waals surface area (Å²) in [5.74, 6) is 0.821. The van der Waals surface area contributed by atoms with Gasteiger partial charge in [0.15, 0.2) is 0 Å². The molecule has 0 bridgehead atoms. The van der Waals surface area contributed by atoms with Crippen molar-refractivity contribution in [3.63, 3.8) is 0 Å². The van der Waals surface area contributed by atoms with E-state index < -0.39 is 0 Å². The van der Waals surface area contributed by atoms with E-state index in [0.29, 0.717) is 0 Å². The lowest BCUT2D eigenvalue weighted by Crippen LogP contribution is -2.08. The van der Waals surface area contributed by atoms with Crippen LogP contribution in [-0.2, 0) is 19.3 Å². The Bertz CT molecular complexity index is 406. The van der Waals surface area contributed by atoms with Gasteiger partial charge in [0.2, 0.25) is 0 Å². The van der Waals surface area contributed by atoms with E-state index in [2.05, 4.69) is 35.6 Å². The highest BCUT2D eigenvalue weighted by molar-refractivity contribution is 14.1. The van der Waals surface area contributed by atoms with Gasteiger partial charge in [-0.2, -0.15) is 0 Å². The molecule has 1 unspecified atom stereocenters. The van der Waals surface area contributed by atoms with E-state index in [0.717, 1.165) is 5.92 Å². The van der Waals surface area contributed by atoms with E-state index >= 15 is 0 Å². The van der Waals surface area contributed by atoms with Gasteiger partial charge in [0.1, 0.15) is 0 Å². The Kier molecular flexibility index (Phi) is 2.54. The molecule has 3 rings (SSSR count). The van der Waals surface area contributed by atoms with Gasteiger partial charge in [-0.1, -0.05) is 6.92 Å². The molecule has 0 spiro atoms. The summed E-state index contributed by atoms with van der Waals surface area (Å²) in [4.78, 5) is 0. The number of aryl methyl sites for hydroxylation is 1. The van der Waals surface area contributed by atoms with Crippen LogP contribution < -0.4 is 0 Å². The molecule has 2 aliphatic rings. The number of rotatable bonds is 0. The molecule has 0 aromatic heterocycles. The van der Waals surface area contributed by atoms with E-state index in [-0.39, 0.29) is 0 Å². The fourth-order valence-corrected chi connectivity index (χ4v) is 4.24. The van der Waals surface area contributed by atoms with Crippen LogP contribution in [0.15, 0.2) is 6.07 Å². The van der Waals surface area contributed by atoms with Gasteiger partial charge in [0.05, 0.1) is 0 Å². The van der Waals surface area contributed by atoms with Gasteiger partial charge in [-0.25, -0.2) is 0 Å². The third-order valence-corrected chi connectivity index (χ3v) is 5.03. The Morgan fingerprint density at radius 1 is 1.13 bits per heavy atom. The second-order valence-corrected chi connectivity index (χ2v) is 6.20. The van der Waals surface area contributed by atoms with E-state index in [1.807, 2.05) is 0 Å². The van der Waals surface area contributed by atoms with Gasteiger partial charge in [-0.15, -0.1) is 0 Å².